The topological polar surface area (TPSA) is 94.9 Å². The van der Waals surface area contributed by atoms with Gasteiger partial charge in [0, 0.05) is 11.5 Å². The summed E-state index contributed by atoms with van der Waals surface area (Å²) < 4.78 is 0. The van der Waals surface area contributed by atoms with Crippen LogP contribution in [0.5, 0.6) is 0 Å². The van der Waals surface area contributed by atoms with Crippen molar-refractivity contribution in [3.63, 3.8) is 0 Å². The van der Waals surface area contributed by atoms with E-state index in [9.17, 15) is 10.1 Å². The van der Waals surface area contributed by atoms with Gasteiger partial charge in [-0.1, -0.05) is 42.1 Å². The number of nitro benzene ring substituents is 1. The van der Waals surface area contributed by atoms with Crippen LogP contribution in [0.1, 0.15) is 0 Å². The number of nitrogens with two attached hydrogens (primary N) is 1. The van der Waals surface area contributed by atoms with Crippen molar-refractivity contribution in [2.75, 3.05) is 5.73 Å². The van der Waals surface area contributed by atoms with Crippen LogP contribution >= 0.6 is 11.8 Å². The Morgan fingerprint density at radius 2 is 1.76 bits per heavy atom. The number of benzene rings is 2. The average Bonchev–Trinajstić information content (AvgIpc) is 2.47. The molecule has 0 aliphatic rings. The van der Waals surface area contributed by atoms with Crippen molar-refractivity contribution >= 4 is 34.3 Å². The third kappa shape index (κ3) is 2.63. The second kappa shape index (κ2) is 5.37. The summed E-state index contributed by atoms with van der Waals surface area (Å²) in [6, 6.07) is 14.0. The Hall–Kier alpha value is -2.67. The van der Waals surface area contributed by atoms with Crippen molar-refractivity contribution in [2.45, 2.75) is 9.92 Å². The molecule has 0 spiro atoms. The summed E-state index contributed by atoms with van der Waals surface area (Å²) in [6.45, 7) is 0. The summed E-state index contributed by atoms with van der Waals surface area (Å²) >= 11 is 1.21. The van der Waals surface area contributed by atoms with Gasteiger partial charge < -0.3 is 5.73 Å². The fraction of sp³-hybridized carbons (Fsp3) is 0. The van der Waals surface area contributed by atoms with Gasteiger partial charge in [-0.15, -0.1) is 0 Å². The van der Waals surface area contributed by atoms with E-state index in [-0.39, 0.29) is 11.6 Å². The van der Waals surface area contributed by atoms with E-state index in [1.165, 1.54) is 17.8 Å². The highest BCUT2D eigenvalue weighted by Gasteiger charge is 2.16. The van der Waals surface area contributed by atoms with Crippen molar-refractivity contribution in [2.24, 2.45) is 0 Å². The van der Waals surface area contributed by atoms with Crippen molar-refractivity contribution < 1.29 is 4.92 Å². The number of anilines is 1. The van der Waals surface area contributed by atoms with Gasteiger partial charge in [-0.3, -0.25) is 10.1 Å². The highest BCUT2D eigenvalue weighted by atomic mass is 32.2. The lowest BCUT2D eigenvalue weighted by molar-refractivity contribution is -0.387. The lowest BCUT2D eigenvalue weighted by Crippen LogP contribution is -1.97. The molecule has 3 rings (SSSR count). The first kappa shape index (κ1) is 13.3. The van der Waals surface area contributed by atoms with Crippen LogP contribution in [-0.4, -0.2) is 14.9 Å². The Morgan fingerprint density at radius 1 is 1.05 bits per heavy atom. The van der Waals surface area contributed by atoms with Crippen LogP contribution in [0.2, 0.25) is 0 Å². The summed E-state index contributed by atoms with van der Waals surface area (Å²) in [5.41, 5.74) is 6.47. The highest BCUT2D eigenvalue weighted by Crippen LogP contribution is 2.36. The Balaban J connectivity index is 2.13. The van der Waals surface area contributed by atoms with Gasteiger partial charge in [0.1, 0.15) is 5.03 Å². The van der Waals surface area contributed by atoms with Gasteiger partial charge in [-0.05, 0) is 12.1 Å². The zero-order valence-corrected chi connectivity index (χ0v) is 11.6. The first-order chi connectivity index (χ1) is 10.1. The lowest BCUT2D eigenvalue weighted by atomic mass is 10.2. The monoisotopic (exact) mass is 298 g/mol. The largest absolute Gasteiger partial charge is 0.368 e. The molecule has 0 fully saturated rings. The number of nitrogens with zero attached hydrogens (tertiary/aromatic N) is 3. The fourth-order valence-corrected chi connectivity index (χ4v) is 2.96. The molecule has 2 aromatic carbocycles. The number of aromatic nitrogens is 2. The highest BCUT2D eigenvalue weighted by molar-refractivity contribution is 7.99. The molecule has 0 bridgehead atoms. The number of hydrogen-bond acceptors (Lipinski definition) is 6. The van der Waals surface area contributed by atoms with E-state index in [0.717, 1.165) is 5.39 Å². The molecule has 6 nitrogen and oxygen atoms in total. The maximum absolute atomic E-state index is 11.1. The van der Waals surface area contributed by atoms with E-state index in [4.69, 9.17) is 5.73 Å². The van der Waals surface area contributed by atoms with Crippen molar-refractivity contribution in [1.82, 2.24) is 9.97 Å². The van der Waals surface area contributed by atoms with Crippen LogP contribution in [0.15, 0.2) is 58.5 Å². The maximum Gasteiger partial charge on any atom is 0.283 e. The molecule has 2 N–H and O–H groups in total. The van der Waals surface area contributed by atoms with Gasteiger partial charge >= 0.3 is 0 Å². The first-order valence-electron chi connectivity index (χ1n) is 6.08. The average molecular weight is 298 g/mol. The molecule has 0 aliphatic heterocycles. The van der Waals surface area contributed by atoms with Crippen LogP contribution in [0.3, 0.4) is 0 Å². The van der Waals surface area contributed by atoms with Gasteiger partial charge in [0.15, 0.2) is 0 Å². The Labute approximate surface area is 124 Å². The molecule has 0 saturated carbocycles. The van der Waals surface area contributed by atoms with E-state index < -0.39 is 4.92 Å². The lowest BCUT2D eigenvalue weighted by Gasteiger charge is -2.06. The molecule has 0 radical (unpaired) electrons. The number of fused-ring (bicyclic) bond motifs is 1. The number of nitrogen functional groups attached to an aromatic ring is 1. The number of hydrogen-bond donors (Lipinski definition) is 1. The number of nitro groups is 1. The molecule has 0 amide bonds. The molecular weight excluding hydrogens is 288 g/mol. The summed E-state index contributed by atoms with van der Waals surface area (Å²) in [5.74, 6) is 0.148. The summed E-state index contributed by atoms with van der Waals surface area (Å²) in [6.07, 6.45) is 0. The maximum atomic E-state index is 11.1. The van der Waals surface area contributed by atoms with Crippen LogP contribution in [0.25, 0.3) is 10.9 Å². The first-order valence-corrected chi connectivity index (χ1v) is 6.90. The molecule has 21 heavy (non-hydrogen) atoms. The van der Waals surface area contributed by atoms with Gasteiger partial charge in [0.25, 0.3) is 5.69 Å². The van der Waals surface area contributed by atoms with Gasteiger partial charge in [0.05, 0.1) is 15.3 Å². The quantitative estimate of drug-likeness (QED) is 0.453. The second-order valence-electron chi connectivity index (χ2n) is 4.23. The molecular formula is C14H10N4O2S. The summed E-state index contributed by atoms with van der Waals surface area (Å²) in [7, 11) is 0. The Bertz CT molecular complexity index is 838. The molecule has 1 aromatic heterocycles. The minimum absolute atomic E-state index is 0.0452. The third-order valence-electron chi connectivity index (χ3n) is 2.85. The van der Waals surface area contributed by atoms with Crippen molar-refractivity contribution in [3.05, 3.63) is 58.6 Å². The van der Waals surface area contributed by atoms with E-state index in [2.05, 4.69) is 9.97 Å². The smallest absolute Gasteiger partial charge is 0.283 e. The second-order valence-corrected chi connectivity index (χ2v) is 5.26. The Kier molecular flexibility index (Phi) is 3.41. The van der Waals surface area contributed by atoms with E-state index in [0.29, 0.717) is 15.4 Å². The SMILES string of the molecule is Nc1nc(Sc2ccccc2[N+](=O)[O-])c2ccccc2n1. The van der Waals surface area contributed by atoms with E-state index in [1.54, 1.807) is 18.2 Å². The third-order valence-corrected chi connectivity index (χ3v) is 3.92. The number of para-hydroxylation sites is 2. The van der Waals surface area contributed by atoms with Crippen molar-refractivity contribution in [1.29, 1.82) is 0 Å². The predicted molar refractivity (Wildman–Crippen MR) is 81.2 cm³/mol. The molecule has 0 unspecified atom stereocenters. The van der Waals surface area contributed by atoms with E-state index in [1.807, 2.05) is 24.3 Å². The van der Waals surface area contributed by atoms with Crippen LogP contribution in [0, 0.1) is 10.1 Å². The van der Waals surface area contributed by atoms with Crippen LogP contribution in [0.4, 0.5) is 11.6 Å². The van der Waals surface area contributed by atoms with Gasteiger partial charge in [-0.25, -0.2) is 9.97 Å². The standard InChI is InChI=1S/C14H10N4O2S/c15-14-16-10-6-2-1-5-9(10)13(17-14)21-12-8-4-3-7-11(12)18(19)20/h1-8H,(H2,15,16,17). The van der Waals surface area contributed by atoms with Crippen molar-refractivity contribution in [3.8, 4) is 0 Å². The molecule has 0 saturated heterocycles. The van der Waals surface area contributed by atoms with E-state index >= 15 is 0 Å². The van der Waals surface area contributed by atoms with Crippen LogP contribution < -0.4 is 5.73 Å². The molecule has 7 heteroatoms. The zero-order valence-electron chi connectivity index (χ0n) is 10.8. The minimum Gasteiger partial charge on any atom is -0.368 e. The number of rotatable bonds is 3. The molecule has 3 aromatic rings. The molecule has 0 atom stereocenters. The minimum atomic E-state index is -0.408. The normalized spacial score (nSPS) is 10.7. The fourth-order valence-electron chi connectivity index (χ4n) is 1.94. The molecule has 104 valence electrons. The molecule has 0 aliphatic carbocycles. The molecule has 1 heterocycles. The summed E-state index contributed by atoms with van der Waals surface area (Å²) in [5, 5.41) is 12.5. The van der Waals surface area contributed by atoms with Gasteiger partial charge in [-0.2, -0.15) is 0 Å². The summed E-state index contributed by atoms with van der Waals surface area (Å²) in [4.78, 5) is 19.5. The van der Waals surface area contributed by atoms with Crippen LogP contribution in [-0.2, 0) is 0 Å². The predicted octanol–water partition coefficient (Wildman–Crippen LogP) is 3.27. The van der Waals surface area contributed by atoms with Gasteiger partial charge in [0.2, 0.25) is 5.95 Å². The zero-order chi connectivity index (χ0) is 14.8. The Morgan fingerprint density at radius 3 is 2.57 bits per heavy atom.